The Bertz CT molecular complexity index is 1130. The fourth-order valence-electron chi connectivity index (χ4n) is 3.77. The lowest BCUT2D eigenvalue weighted by molar-refractivity contribution is -0.140. The molecule has 1 atom stereocenters. The molecule has 2 rings (SSSR count). The molecule has 36 heavy (non-hydrogen) atoms. The molecule has 0 saturated heterocycles. The predicted octanol–water partition coefficient (Wildman–Crippen LogP) is 3.11. The number of carbonyl (C=O) groups excluding carboxylic acids is 2. The van der Waals surface area contributed by atoms with Crippen molar-refractivity contribution in [3.05, 3.63) is 53.6 Å². The minimum Gasteiger partial charge on any atom is -0.493 e. The lowest BCUT2D eigenvalue weighted by Crippen LogP contribution is -2.52. The van der Waals surface area contributed by atoms with Crippen LogP contribution in [0.4, 0.5) is 5.69 Å². The predicted molar refractivity (Wildman–Crippen MR) is 141 cm³/mol. The van der Waals surface area contributed by atoms with Crippen molar-refractivity contribution in [3.63, 3.8) is 0 Å². The second kappa shape index (κ2) is 13.2. The molecule has 1 unspecified atom stereocenters. The second-order valence-corrected chi connectivity index (χ2v) is 10.4. The number of anilines is 1. The van der Waals surface area contributed by atoms with E-state index in [2.05, 4.69) is 5.32 Å². The van der Waals surface area contributed by atoms with E-state index in [1.807, 2.05) is 45.0 Å². The van der Waals surface area contributed by atoms with Gasteiger partial charge in [-0.1, -0.05) is 43.7 Å². The highest BCUT2D eigenvalue weighted by molar-refractivity contribution is 7.92. The summed E-state index contributed by atoms with van der Waals surface area (Å²) in [7, 11) is -0.922. The SMILES string of the molecule is CCCNC(=O)C(CC)N(Cc1ccc(C)cc1)C(=O)CN(c1ccc(OC)c(OC)c1)S(C)(=O)=O. The first kappa shape index (κ1) is 29.0. The van der Waals surface area contributed by atoms with Crippen molar-refractivity contribution in [2.75, 3.05) is 37.9 Å². The van der Waals surface area contributed by atoms with E-state index in [-0.39, 0.29) is 18.1 Å². The Labute approximate surface area is 214 Å². The summed E-state index contributed by atoms with van der Waals surface area (Å²) in [6, 6.07) is 11.5. The molecule has 2 aromatic rings. The van der Waals surface area contributed by atoms with E-state index < -0.39 is 28.5 Å². The molecule has 0 aliphatic rings. The number of rotatable bonds is 13. The van der Waals surface area contributed by atoms with Gasteiger partial charge in [0.25, 0.3) is 0 Å². The first-order valence-corrected chi connectivity index (χ1v) is 13.7. The number of carbonyl (C=O) groups is 2. The molecule has 9 nitrogen and oxygen atoms in total. The van der Waals surface area contributed by atoms with E-state index in [0.717, 1.165) is 28.1 Å². The van der Waals surface area contributed by atoms with Gasteiger partial charge in [-0.3, -0.25) is 13.9 Å². The Kier molecular flexibility index (Phi) is 10.6. The van der Waals surface area contributed by atoms with Gasteiger partial charge in [0.05, 0.1) is 26.2 Å². The minimum atomic E-state index is -3.85. The van der Waals surface area contributed by atoms with Crippen LogP contribution in [0.15, 0.2) is 42.5 Å². The summed E-state index contributed by atoms with van der Waals surface area (Å²) in [5.74, 6) is 0.00442. The Balaban J connectivity index is 2.46. The maximum Gasteiger partial charge on any atom is 0.244 e. The molecule has 2 aromatic carbocycles. The van der Waals surface area contributed by atoms with Crippen LogP contribution in [-0.2, 0) is 26.2 Å². The molecule has 0 bridgehead atoms. The van der Waals surface area contributed by atoms with Crippen molar-refractivity contribution >= 4 is 27.5 Å². The zero-order valence-electron chi connectivity index (χ0n) is 21.9. The van der Waals surface area contributed by atoms with Crippen LogP contribution in [0.2, 0.25) is 0 Å². The van der Waals surface area contributed by atoms with Gasteiger partial charge in [-0.15, -0.1) is 0 Å². The molecule has 2 amide bonds. The van der Waals surface area contributed by atoms with E-state index in [4.69, 9.17) is 9.47 Å². The molecule has 0 aromatic heterocycles. The fourth-order valence-corrected chi connectivity index (χ4v) is 4.61. The summed E-state index contributed by atoms with van der Waals surface area (Å²) in [6.45, 7) is 5.92. The van der Waals surface area contributed by atoms with Crippen LogP contribution in [0.5, 0.6) is 11.5 Å². The molecule has 0 radical (unpaired) electrons. The van der Waals surface area contributed by atoms with Gasteiger partial charge < -0.3 is 19.7 Å². The lowest BCUT2D eigenvalue weighted by atomic mass is 10.1. The molecule has 1 N–H and O–H groups in total. The zero-order chi connectivity index (χ0) is 26.9. The van der Waals surface area contributed by atoms with E-state index in [9.17, 15) is 18.0 Å². The van der Waals surface area contributed by atoms with Crippen molar-refractivity contribution in [3.8, 4) is 11.5 Å². The van der Waals surface area contributed by atoms with Crippen LogP contribution in [-0.4, -0.2) is 64.7 Å². The largest absolute Gasteiger partial charge is 0.493 e. The number of nitrogens with zero attached hydrogens (tertiary/aromatic N) is 2. The fraction of sp³-hybridized carbons (Fsp3) is 0.462. The highest BCUT2D eigenvalue weighted by Gasteiger charge is 2.31. The summed E-state index contributed by atoms with van der Waals surface area (Å²) < 4.78 is 37.1. The number of benzene rings is 2. The third-order valence-electron chi connectivity index (χ3n) is 5.74. The van der Waals surface area contributed by atoms with Gasteiger partial charge >= 0.3 is 0 Å². The number of aryl methyl sites for hydroxylation is 1. The van der Waals surface area contributed by atoms with Gasteiger partial charge in [-0.05, 0) is 37.5 Å². The van der Waals surface area contributed by atoms with Crippen LogP contribution in [0, 0.1) is 6.92 Å². The third-order valence-corrected chi connectivity index (χ3v) is 6.88. The van der Waals surface area contributed by atoms with Crippen molar-refractivity contribution in [1.82, 2.24) is 10.2 Å². The average molecular weight is 520 g/mol. The van der Waals surface area contributed by atoms with Crippen LogP contribution in [0.25, 0.3) is 0 Å². The molecule has 198 valence electrons. The zero-order valence-corrected chi connectivity index (χ0v) is 22.7. The molecule has 0 aliphatic carbocycles. The Morgan fingerprint density at radius 1 is 1.00 bits per heavy atom. The molecular weight excluding hydrogens is 482 g/mol. The summed E-state index contributed by atoms with van der Waals surface area (Å²) in [4.78, 5) is 28.1. The molecule has 0 spiro atoms. The summed E-state index contributed by atoms with van der Waals surface area (Å²) in [5.41, 5.74) is 2.16. The van der Waals surface area contributed by atoms with E-state index in [0.29, 0.717) is 24.5 Å². The van der Waals surface area contributed by atoms with Gasteiger partial charge in [0.15, 0.2) is 11.5 Å². The summed E-state index contributed by atoms with van der Waals surface area (Å²) in [6.07, 6.45) is 2.17. The molecule has 10 heteroatoms. The smallest absolute Gasteiger partial charge is 0.244 e. The number of methoxy groups -OCH3 is 2. The van der Waals surface area contributed by atoms with Gasteiger partial charge in [-0.2, -0.15) is 0 Å². The van der Waals surface area contributed by atoms with Gasteiger partial charge in [0.1, 0.15) is 12.6 Å². The molecule has 0 saturated carbocycles. The monoisotopic (exact) mass is 519 g/mol. The summed E-state index contributed by atoms with van der Waals surface area (Å²) >= 11 is 0. The number of hydrogen-bond donors (Lipinski definition) is 1. The normalized spacial score (nSPS) is 11.9. The number of ether oxygens (including phenoxy) is 2. The highest BCUT2D eigenvalue weighted by Crippen LogP contribution is 2.32. The Hall–Kier alpha value is -3.27. The van der Waals surface area contributed by atoms with Crippen molar-refractivity contribution in [2.24, 2.45) is 0 Å². The Morgan fingerprint density at radius 2 is 1.64 bits per heavy atom. The average Bonchev–Trinajstić information content (AvgIpc) is 2.85. The maximum absolute atomic E-state index is 13.7. The highest BCUT2D eigenvalue weighted by atomic mass is 32.2. The maximum atomic E-state index is 13.7. The quantitative estimate of drug-likeness (QED) is 0.436. The van der Waals surface area contributed by atoms with Crippen molar-refractivity contribution < 1.29 is 27.5 Å². The summed E-state index contributed by atoms with van der Waals surface area (Å²) in [5, 5.41) is 2.86. The van der Waals surface area contributed by atoms with Crippen LogP contribution >= 0.6 is 0 Å². The number of nitrogens with one attached hydrogen (secondary N) is 1. The molecule has 0 fully saturated rings. The second-order valence-electron chi connectivity index (χ2n) is 8.53. The third kappa shape index (κ3) is 7.61. The minimum absolute atomic E-state index is 0.167. The number of sulfonamides is 1. The van der Waals surface area contributed by atoms with Crippen molar-refractivity contribution in [1.29, 1.82) is 0 Å². The molecule has 0 heterocycles. The van der Waals surface area contributed by atoms with E-state index in [1.165, 1.54) is 25.2 Å². The van der Waals surface area contributed by atoms with Crippen LogP contribution in [0.1, 0.15) is 37.8 Å². The van der Waals surface area contributed by atoms with Gasteiger partial charge in [0, 0.05) is 19.2 Å². The van der Waals surface area contributed by atoms with E-state index in [1.54, 1.807) is 12.1 Å². The first-order valence-electron chi connectivity index (χ1n) is 11.9. The van der Waals surface area contributed by atoms with Gasteiger partial charge in [0.2, 0.25) is 21.8 Å². The number of hydrogen-bond acceptors (Lipinski definition) is 6. The molecule has 0 aliphatic heterocycles. The topological polar surface area (TPSA) is 105 Å². The first-order chi connectivity index (χ1) is 17.0. The number of amides is 2. The standard InChI is InChI=1S/C26H37N3O6S/c1-7-15-27-26(31)22(8-2)28(17-20-11-9-19(3)10-12-20)25(30)18-29(36(6,32)33)21-13-14-23(34-4)24(16-21)35-5/h9-14,16,22H,7-8,15,17-18H2,1-6H3,(H,27,31). The van der Waals surface area contributed by atoms with Crippen LogP contribution in [0.3, 0.4) is 0 Å². The molecular formula is C26H37N3O6S. The van der Waals surface area contributed by atoms with Crippen LogP contribution < -0.4 is 19.1 Å². The lowest BCUT2D eigenvalue weighted by Gasteiger charge is -2.33. The Morgan fingerprint density at radius 3 is 2.17 bits per heavy atom. The van der Waals surface area contributed by atoms with Crippen molar-refractivity contribution in [2.45, 2.75) is 46.2 Å². The van der Waals surface area contributed by atoms with Gasteiger partial charge in [-0.25, -0.2) is 8.42 Å². The van der Waals surface area contributed by atoms with E-state index >= 15 is 0 Å².